The Bertz CT molecular complexity index is 733. The van der Waals surface area contributed by atoms with Crippen molar-refractivity contribution >= 4 is 34.4 Å². The number of nitrogens with zero attached hydrogens (tertiary/aromatic N) is 2. The van der Waals surface area contributed by atoms with Crippen LogP contribution in [0.1, 0.15) is 5.56 Å². The topological polar surface area (TPSA) is 98.3 Å². The minimum Gasteiger partial charge on any atom is -0.350 e. The molecule has 0 aliphatic heterocycles. The van der Waals surface area contributed by atoms with E-state index in [-0.39, 0.29) is 17.1 Å². The molecule has 0 aliphatic rings. The lowest BCUT2D eigenvalue weighted by Crippen LogP contribution is -1.99. The summed E-state index contributed by atoms with van der Waals surface area (Å²) < 4.78 is 0. The summed E-state index contributed by atoms with van der Waals surface area (Å²) in [5.74, 6) is 0. The van der Waals surface area contributed by atoms with Crippen molar-refractivity contribution in [3.8, 4) is 0 Å². The summed E-state index contributed by atoms with van der Waals surface area (Å²) in [6, 6.07) is 8.52. The molecule has 0 amide bonds. The minimum atomic E-state index is -0.679. The van der Waals surface area contributed by atoms with Gasteiger partial charge in [-0.05, 0) is 30.7 Å². The van der Waals surface area contributed by atoms with Crippen LogP contribution in [-0.2, 0) is 0 Å². The van der Waals surface area contributed by atoms with Gasteiger partial charge in [-0.3, -0.25) is 20.2 Å². The van der Waals surface area contributed by atoms with Crippen molar-refractivity contribution in [3.63, 3.8) is 0 Å². The molecule has 0 atom stereocenters. The highest BCUT2D eigenvalue weighted by Crippen LogP contribution is 2.33. The third-order valence-electron chi connectivity index (χ3n) is 2.86. The highest BCUT2D eigenvalue weighted by Gasteiger charge is 2.19. The van der Waals surface area contributed by atoms with Gasteiger partial charge in [0, 0.05) is 16.8 Å². The van der Waals surface area contributed by atoms with E-state index >= 15 is 0 Å². The second-order valence-corrected chi connectivity index (χ2v) is 4.74. The van der Waals surface area contributed by atoms with E-state index in [9.17, 15) is 20.2 Å². The lowest BCUT2D eigenvalue weighted by molar-refractivity contribution is -0.393. The van der Waals surface area contributed by atoms with Crippen LogP contribution in [0.15, 0.2) is 36.4 Å². The summed E-state index contributed by atoms with van der Waals surface area (Å²) in [5, 5.41) is 25.1. The van der Waals surface area contributed by atoms with Gasteiger partial charge in [0.1, 0.15) is 5.69 Å². The summed E-state index contributed by atoms with van der Waals surface area (Å²) in [6.45, 7) is 1.82. The van der Waals surface area contributed by atoms with Crippen LogP contribution in [0.2, 0.25) is 5.02 Å². The molecule has 0 fully saturated rings. The van der Waals surface area contributed by atoms with Gasteiger partial charge in [0.2, 0.25) is 0 Å². The average Bonchev–Trinajstić information content (AvgIpc) is 2.42. The molecule has 2 rings (SSSR count). The van der Waals surface area contributed by atoms with Crippen molar-refractivity contribution in [1.82, 2.24) is 0 Å². The van der Waals surface area contributed by atoms with Gasteiger partial charge in [-0.2, -0.15) is 0 Å². The molecule has 21 heavy (non-hydrogen) atoms. The first kappa shape index (κ1) is 14.7. The average molecular weight is 308 g/mol. The van der Waals surface area contributed by atoms with Gasteiger partial charge in [-0.1, -0.05) is 17.7 Å². The van der Waals surface area contributed by atoms with Crippen LogP contribution < -0.4 is 5.32 Å². The molecule has 0 radical (unpaired) electrons. The van der Waals surface area contributed by atoms with Gasteiger partial charge >= 0.3 is 0 Å². The van der Waals surface area contributed by atoms with Crippen LogP contribution in [0.25, 0.3) is 0 Å². The normalized spacial score (nSPS) is 10.2. The number of nitro groups is 2. The molecule has 0 aromatic heterocycles. The number of non-ortho nitro benzene ring substituents is 1. The Hall–Kier alpha value is -2.67. The lowest BCUT2D eigenvalue weighted by atomic mass is 10.1. The van der Waals surface area contributed by atoms with Crippen LogP contribution in [0, 0.1) is 27.2 Å². The second kappa shape index (κ2) is 5.76. The number of aryl methyl sites for hydroxylation is 1. The molecule has 0 spiro atoms. The molecule has 0 heterocycles. The first-order valence-corrected chi connectivity index (χ1v) is 6.22. The molecule has 1 N–H and O–H groups in total. The fraction of sp³-hybridized carbons (Fsp3) is 0.0769. The van der Waals surface area contributed by atoms with Crippen LogP contribution in [0.4, 0.5) is 22.7 Å². The molecule has 7 nitrogen and oxygen atoms in total. The van der Waals surface area contributed by atoms with Crippen molar-refractivity contribution < 1.29 is 9.85 Å². The van der Waals surface area contributed by atoms with Gasteiger partial charge in [-0.15, -0.1) is 0 Å². The molecule has 2 aromatic rings. The highest BCUT2D eigenvalue weighted by atomic mass is 35.5. The SMILES string of the molecule is Cc1ccc(Cl)cc1Nc1ccc([N+](=O)[O-])cc1[N+](=O)[O-]. The third-order valence-corrected chi connectivity index (χ3v) is 3.09. The number of hydrogen-bond donors (Lipinski definition) is 1. The number of halogens is 1. The van der Waals surface area contributed by atoms with Crippen LogP contribution in [-0.4, -0.2) is 9.85 Å². The molecule has 0 saturated carbocycles. The number of hydrogen-bond acceptors (Lipinski definition) is 5. The standard InChI is InChI=1S/C13H10ClN3O4/c1-8-2-3-9(14)6-12(8)15-11-5-4-10(16(18)19)7-13(11)17(20)21/h2-7,15H,1H3. The van der Waals surface area contributed by atoms with E-state index in [0.717, 1.165) is 11.6 Å². The summed E-state index contributed by atoms with van der Waals surface area (Å²) in [6.07, 6.45) is 0. The molecular formula is C13H10ClN3O4. The lowest BCUT2D eigenvalue weighted by Gasteiger charge is -2.10. The Morgan fingerprint density at radius 1 is 1.00 bits per heavy atom. The smallest absolute Gasteiger partial charge is 0.299 e. The first-order valence-electron chi connectivity index (χ1n) is 5.84. The minimum absolute atomic E-state index is 0.163. The number of anilines is 2. The van der Waals surface area contributed by atoms with E-state index in [2.05, 4.69) is 5.32 Å². The molecule has 0 aliphatic carbocycles. The fourth-order valence-electron chi connectivity index (χ4n) is 1.76. The summed E-state index contributed by atoms with van der Waals surface area (Å²) in [7, 11) is 0. The van der Waals surface area contributed by atoms with Crippen molar-refractivity contribution in [2.75, 3.05) is 5.32 Å². The number of rotatable bonds is 4. The van der Waals surface area contributed by atoms with Crippen molar-refractivity contribution in [3.05, 3.63) is 67.2 Å². The Labute approximate surface area is 124 Å². The number of benzene rings is 2. The van der Waals surface area contributed by atoms with E-state index in [0.29, 0.717) is 10.7 Å². The zero-order valence-electron chi connectivity index (χ0n) is 10.9. The van der Waals surface area contributed by atoms with Gasteiger partial charge < -0.3 is 5.32 Å². The molecule has 8 heteroatoms. The van der Waals surface area contributed by atoms with Gasteiger partial charge in [0.05, 0.1) is 15.9 Å². The first-order chi connectivity index (χ1) is 9.88. The highest BCUT2D eigenvalue weighted by molar-refractivity contribution is 6.30. The zero-order valence-corrected chi connectivity index (χ0v) is 11.6. The Kier molecular flexibility index (Phi) is 4.04. The zero-order chi connectivity index (χ0) is 15.6. The number of nitrogens with one attached hydrogen (secondary N) is 1. The molecule has 108 valence electrons. The van der Waals surface area contributed by atoms with Crippen molar-refractivity contribution in [1.29, 1.82) is 0 Å². The monoisotopic (exact) mass is 307 g/mol. The molecule has 0 saturated heterocycles. The molecule has 0 bridgehead atoms. The fourth-order valence-corrected chi connectivity index (χ4v) is 1.94. The van der Waals surface area contributed by atoms with Crippen LogP contribution in [0.3, 0.4) is 0 Å². The van der Waals surface area contributed by atoms with E-state index in [1.54, 1.807) is 18.2 Å². The molecular weight excluding hydrogens is 298 g/mol. The summed E-state index contributed by atoms with van der Waals surface area (Å²) in [5.41, 5.74) is 0.890. The van der Waals surface area contributed by atoms with Gasteiger partial charge in [-0.25, -0.2) is 0 Å². The van der Waals surface area contributed by atoms with Crippen LogP contribution in [0.5, 0.6) is 0 Å². The Morgan fingerprint density at radius 3 is 2.33 bits per heavy atom. The second-order valence-electron chi connectivity index (χ2n) is 4.30. The van der Waals surface area contributed by atoms with Crippen LogP contribution >= 0.6 is 11.6 Å². The summed E-state index contributed by atoms with van der Waals surface area (Å²) >= 11 is 5.89. The van der Waals surface area contributed by atoms with E-state index in [4.69, 9.17) is 11.6 Å². The third kappa shape index (κ3) is 3.26. The Balaban J connectivity index is 2.46. The predicted octanol–water partition coefficient (Wildman–Crippen LogP) is 4.21. The molecule has 0 unspecified atom stereocenters. The Morgan fingerprint density at radius 2 is 1.71 bits per heavy atom. The van der Waals surface area contributed by atoms with E-state index in [1.807, 2.05) is 6.92 Å². The summed E-state index contributed by atoms with van der Waals surface area (Å²) in [4.78, 5) is 20.4. The van der Waals surface area contributed by atoms with Gasteiger partial charge in [0.15, 0.2) is 0 Å². The predicted molar refractivity (Wildman–Crippen MR) is 79.2 cm³/mol. The maximum atomic E-state index is 11.1. The largest absolute Gasteiger partial charge is 0.350 e. The molecule has 2 aromatic carbocycles. The van der Waals surface area contributed by atoms with E-state index in [1.165, 1.54) is 12.1 Å². The maximum Gasteiger partial charge on any atom is 0.299 e. The van der Waals surface area contributed by atoms with Crippen molar-refractivity contribution in [2.24, 2.45) is 0 Å². The van der Waals surface area contributed by atoms with Crippen molar-refractivity contribution in [2.45, 2.75) is 6.92 Å². The maximum absolute atomic E-state index is 11.1. The van der Waals surface area contributed by atoms with E-state index < -0.39 is 9.85 Å². The quantitative estimate of drug-likeness (QED) is 0.674. The van der Waals surface area contributed by atoms with Gasteiger partial charge in [0.25, 0.3) is 11.4 Å². The number of nitro benzene ring substituents is 2.